The van der Waals surface area contributed by atoms with Gasteiger partial charge in [-0.05, 0) is 37.8 Å². The van der Waals surface area contributed by atoms with E-state index in [1.54, 1.807) is 0 Å². The fourth-order valence-corrected chi connectivity index (χ4v) is 3.30. The summed E-state index contributed by atoms with van der Waals surface area (Å²) in [6.45, 7) is 1.41. The predicted molar refractivity (Wildman–Crippen MR) is 100 cm³/mol. The molecule has 1 saturated carbocycles. The number of anilines is 2. The number of nitrogens with one attached hydrogen (secondary N) is 2. The molecule has 1 fully saturated rings. The van der Waals surface area contributed by atoms with E-state index in [0.29, 0.717) is 5.56 Å². The van der Waals surface area contributed by atoms with Crippen molar-refractivity contribution in [1.29, 1.82) is 0 Å². The Morgan fingerprint density at radius 2 is 1.93 bits per heavy atom. The highest BCUT2D eigenvalue weighted by atomic mass is 19.4. The summed E-state index contributed by atoms with van der Waals surface area (Å²) in [5, 5.41) is 4.34. The summed E-state index contributed by atoms with van der Waals surface area (Å²) in [6.07, 6.45) is -0.906. The molecular formula is C19H17F4N5O2. The van der Waals surface area contributed by atoms with Gasteiger partial charge in [0.05, 0.1) is 18.1 Å². The van der Waals surface area contributed by atoms with Crippen molar-refractivity contribution in [2.45, 2.75) is 37.9 Å². The van der Waals surface area contributed by atoms with Gasteiger partial charge in [-0.3, -0.25) is 0 Å². The van der Waals surface area contributed by atoms with Crippen LogP contribution in [-0.2, 0) is 0 Å². The zero-order chi connectivity index (χ0) is 21.6. The molecule has 2 aromatic heterocycles. The Morgan fingerprint density at radius 3 is 2.53 bits per heavy atom. The van der Waals surface area contributed by atoms with Crippen LogP contribution in [0.1, 0.15) is 41.7 Å². The molecule has 2 heterocycles. The van der Waals surface area contributed by atoms with E-state index in [4.69, 9.17) is 10.2 Å². The van der Waals surface area contributed by atoms with Gasteiger partial charge in [0.25, 0.3) is 0 Å². The van der Waals surface area contributed by atoms with E-state index in [-0.39, 0.29) is 34.1 Å². The summed E-state index contributed by atoms with van der Waals surface area (Å²) in [6, 6.07) is -1.15. The zero-order valence-corrected chi connectivity index (χ0v) is 15.7. The van der Waals surface area contributed by atoms with Crippen LogP contribution >= 0.6 is 0 Å². The van der Waals surface area contributed by atoms with Crippen molar-refractivity contribution in [3.63, 3.8) is 0 Å². The first-order chi connectivity index (χ1) is 14.1. The number of aryl methyl sites for hydroxylation is 1. The lowest BCUT2D eigenvalue weighted by Crippen LogP contribution is -2.40. The number of fused-ring (bicyclic) bond motifs is 1. The average molecular weight is 423 g/mol. The number of carbonyl (C=O) groups is 1. The molecule has 0 aliphatic heterocycles. The van der Waals surface area contributed by atoms with Gasteiger partial charge in [0, 0.05) is 16.5 Å². The standard InChI is InChI=1S/C19H17F4N5O2/c1-8-12-4-10(20)5-13(9-2-3-9)15(12)30-14(8)16(19(21,22)23)28-18(29)27-11-6-25-17(24)26-7-11/h4-7,9,16H,2-3H2,1H3,(H2,24,25,26)(H2,27,28,29). The number of halogens is 4. The van der Waals surface area contributed by atoms with E-state index in [1.807, 2.05) is 5.32 Å². The Bertz CT molecular complexity index is 1110. The van der Waals surface area contributed by atoms with Crippen LogP contribution in [0.4, 0.5) is 34.0 Å². The minimum atomic E-state index is -4.86. The second-order valence-electron chi connectivity index (χ2n) is 7.14. The van der Waals surface area contributed by atoms with Crippen molar-refractivity contribution < 1.29 is 26.8 Å². The first-order valence-corrected chi connectivity index (χ1v) is 9.07. The van der Waals surface area contributed by atoms with Gasteiger partial charge in [-0.25, -0.2) is 19.2 Å². The molecule has 3 aromatic rings. The van der Waals surface area contributed by atoms with Gasteiger partial charge in [-0.1, -0.05) is 0 Å². The number of nitrogen functional groups attached to an aromatic ring is 1. The summed E-state index contributed by atoms with van der Waals surface area (Å²) in [7, 11) is 0. The number of urea groups is 1. The molecule has 1 aliphatic carbocycles. The van der Waals surface area contributed by atoms with Gasteiger partial charge in [0.15, 0.2) is 6.04 Å². The van der Waals surface area contributed by atoms with Gasteiger partial charge in [0.1, 0.15) is 17.2 Å². The van der Waals surface area contributed by atoms with Gasteiger partial charge in [-0.15, -0.1) is 0 Å². The van der Waals surface area contributed by atoms with Crippen molar-refractivity contribution in [2.75, 3.05) is 11.1 Å². The van der Waals surface area contributed by atoms with Crippen LogP contribution in [0.15, 0.2) is 28.9 Å². The van der Waals surface area contributed by atoms with Crippen LogP contribution in [0.25, 0.3) is 11.0 Å². The van der Waals surface area contributed by atoms with E-state index in [0.717, 1.165) is 31.3 Å². The van der Waals surface area contributed by atoms with Crippen molar-refractivity contribution >= 4 is 28.6 Å². The lowest BCUT2D eigenvalue weighted by Gasteiger charge is -2.20. The molecule has 1 aliphatic rings. The summed E-state index contributed by atoms with van der Waals surface area (Å²) in [5.74, 6) is -1.02. The summed E-state index contributed by atoms with van der Waals surface area (Å²) >= 11 is 0. The number of nitrogens with two attached hydrogens (primary N) is 1. The Labute approximate surface area is 167 Å². The van der Waals surface area contributed by atoms with Gasteiger partial charge in [0.2, 0.25) is 5.95 Å². The number of alkyl halides is 3. The predicted octanol–water partition coefficient (Wildman–Crippen LogP) is 4.56. The van der Waals surface area contributed by atoms with Crippen LogP contribution in [0.3, 0.4) is 0 Å². The van der Waals surface area contributed by atoms with Gasteiger partial charge in [-0.2, -0.15) is 13.2 Å². The molecule has 1 unspecified atom stereocenters. The van der Waals surface area contributed by atoms with Crippen LogP contribution in [-0.4, -0.2) is 22.2 Å². The van der Waals surface area contributed by atoms with Crippen LogP contribution in [0, 0.1) is 12.7 Å². The molecule has 0 saturated heterocycles. The first kappa shape index (κ1) is 19.9. The number of hydrogen-bond donors (Lipinski definition) is 3. The summed E-state index contributed by atoms with van der Waals surface area (Å²) in [5.41, 5.74) is 6.27. The quantitative estimate of drug-likeness (QED) is 0.534. The minimum Gasteiger partial charge on any atom is -0.458 e. The summed E-state index contributed by atoms with van der Waals surface area (Å²) in [4.78, 5) is 19.5. The fourth-order valence-electron chi connectivity index (χ4n) is 3.30. The molecule has 158 valence electrons. The highest BCUT2D eigenvalue weighted by Gasteiger charge is 2.45. The molecule has 7 nitrogen and oxygen atoms in total. The number of nitrogens with zero attached hydrogens (tertiary/aromatic N) is 2. The molecular weight excluding hydrogens is 406 g/mol. The van der Waals surface area contributed by atoms with Crippen LogP contribution in [0.2, 0.25) is 0 Å². The maximum Gasteiger partial charge on any atom is 0.416 e. The molecule has 4 rings (SSSR count). The Kier molecular flexibility index (Phi) is 4.75. The fraction of sp³-hybridized carbons (Fsp3) is 0.316. The SMILES string of the molecule is Cc1c(C(NC(=O)Nc2cnc(N)nc2)C(F)(F)F)oc2c(C3CC3)cc(F)cc12. The third-order valence-corrected chi connectivity index (χ3v) is 4.88. The van der Waals surface area contributed by atoms with E-state index in [1.165, 1.54) is 13.0 Å². The Morgan fingerprint density at radius 1 is 1.27 bits per heavy atom. The maximum absolute atomic E-state index is 14.0. The number of carbonyl (C=O) groups excluding carboxylic acids is 1. The number of benzene rings is 1. The molecule has 4 N–H and O–H groups in total. The topological polar surface area (TPSA) is 106 Å². The lowest BCUT2D eigenvalue weighted by molar-refractivity contribution is -0.158. The molecule has 1 aromatic carbocycles. The third kappa shape index (κ3) is 3.87. The molecule has 0 radical (unpaired) electrons. The number of amides is 2. The molecule has 0 spiro atoms. The van der Waals surface area contributed by atoms with Crippen LogP contribution in [0.5, 0.6) is 0 Å². The lowest BCUT2D eigenvalue weighted by atomic mass is 10.0. The number of furan rings is 1. The molecule has 30 heavy (non-hydrogen) atoms. The van der Waals surface area contributed by atoms with Gasteiger partial charge >= 0.3 is 12.2 Å². The van der Waals surface area contributed by atoms with Crippen molar-refractivity contribution in [2.24, 2.45) is 0 Å². The number of hydrogen-bond acceptors (Lipinski definition) is 5. The first-order valence-electron chi connectivity index (χ1n) is 9.07. The largest absolute Gasteiger partial charge is 0.458 e. The van der Waals surface area contributed by atoms with E-state index >= 15 is 0 Å². The Hall–Kier alpha value is -3.37. The van der Waals surface area contributed by atoms with Crippen molar-refractivity contribution in [3.05, 3.63) is 47.2 Å². The highest BCUT2D eigenvalue weighted by Crippen LogP contribution is 2.46. The molecule has 2 amide bonds. The summed E-state index contributed by atoms with van der Waals surface area (Å²) < 4.78 is 61.0. The monoisotopic (exact) mass is 423 g/mol. The van der Waals surface area contributed by atoms with Gasteiger partial charge < -0.3 is 20.8 Å². The smallest absolute Gasteiger partial charge is 0.416 e. The number of aromatic nitrogens is 2. The third-order valence-electron chi connectivity index (χ3n) is 4.88. The maximum atomic E-state index is 14.0. The van der Waals surface area contributed by atoms with Crippen LogP contribution < -0.4 is 16.4 Å². The molecule has 0 bridgehead atoms. The molecule has 1 atom stereocenters. The van der Waals surface area contributed by atoms with E-state index in [2.05, 4.69) is 15.3 Å². The van der Waals surface area contributed by atoms with Crippen molar-refractivity contribution in [1.82, 2.24) is 15.3 Å². The number of rotatable bonds is 4. The second kappa shape index (κ2) is 7.15. The zero-order valence-electron chi connectivity index (χ0n) is 15.7. The van der Waals surface area contributed by atoms with E-state index in [9.17, 15) is 22.4 Å². The average Bonchev–Trinajstić information content (AvgIpc) is 3.46. The Balaban J connectivity index is 1.68. The normalized spacial score (nSPS) is 15.2. The van der Waals surface area contributed by atoms with E-state index < -0.39 is 29.8 Å². The highest BCUT2D eigenvalue weighted by molar-refractivity contribution is 5.90. The second-order valence-corrected chi connectivity index (χ2v) is 7.14. The minimum absolute atomic E-state index is 0.0503. The van der Waals surface area contributed by atoms with Crippen molar-refractivity contribution in [3.8, 4) is 0 Å². The molecule has 11 heteroatoms.